The summed E-state index contributed by atoms with van der Waals surface area (Å²) < 4.78 is 20.8. The molecule has 1 amide bonds. The number of carbonyl (C=O) groups excluding carboxylic acids is 2. The van der Waals surface area contributed by atoms with Crippen LogP contribution in [0.4, 0.5) is 4.39 Å². The van der Waals surface area contributed by atoms with E-state index in [0.717, 1.165) is 16.7 Å². The van der Waals surface area contributed by atoms with Gasteiger partial charge in [0, 0.05) is 24.8 Å². The molecular formula is C24H20FN3O3. The highest BCUT2D eigenvalue weighted by atomic mass is 19.1. The second-order valence-electron chi connectivity index (χ2n) is 7.07. The van der Waals surface area contributed by atoms with Gasteiger partial charge in [-0.1, -0.05) is 30.3 Å². The highest BCUT2D eigenvalue weighted by molar-refractivity contribution is 5.91. The fourth-order valence-corrected chi connectivity index (χ4v) is 3.21. The average Bonchev–Trinajstić information content (AvgIpc) is 3.23. The first-order valence-corrected chi connectivity index (χ1v) is 9.70. The quantitative estimate of drug-likeness (QED) is 0.445. The van der Waals surface area contributed by atoms with Crippen molar-refractivity contribution in [1.29, 1.82) is 0 Å². The number of likely N-dealkylation sites (N-methyl/N-ethyl adjacent to an activating group) is 1. The second kappa shape index (κ2) is 8.79. The summed E-state index contributed by atoms with van der Waals surface area (Å²) in [6, 6.07) is 20.8. The van der Waals surface area contributed by atoms with Gasteiger partial charge in [0.15, 0.2) is 6.61 Å². The van der Waals surface area contributed by atoms with Gasteiger partial charge in [-0.2, -0.15) is 0 Å². The number of para-hydroxylation sites is 2. The van der Waals surface area contributed by atoms with Crippen molar-refractivity contribution in [2.45, 2.75) is 6.54 Å². The molecule has 1 heterocycles. The monoisotopic (exact) mass is 417 g/mol. The summed E-state index contributed by atoms with van der Waals surface area (Å²) in [5.74, 6) is -1.40. The van der Waals surface area contributed by atoms with Crippen molar-refractivity contribution >= 4 is 22.9 Å². The molecule has 0 saturated heterocycles. The van der Waals surface area contributed by atoms with Gasteiger partial charge in [0.2, 0.25) is 0 Å². The van der Waals surface area contributed by atoms with Crippen molar-refractivity contribution in [1.82, 2.24) is 14.5 Å². The van der Waals surface area contributed by atoms with Crippen LogP contribution in [-0.2, 0) is 16.1 Å². The van der Waals surface area contributed by atoms with Crippen LogP contribution in [-0.4, -0.2) is 40.0 Å². The fraction of sp³-hybridized carbons (Fsp3) is 0.125. The number of imidazole rings is 1. The standard InChI is InChI=1S/C24H20FN3O3/c1-27(14-18-6-2-3-7-20(18)25)23(29)15-31-24(30)17-10-12-19(13-11-17)28-16-26-21-8-4-5-9-22(21)28/h2-13,16H,14-15H2,1H3. The molecule has 1 aromatic heterocycles. The van der Waals surface area contributed by atoms with E-state index < -0.39 is 18.5 Å². The number of aromatic nitrogens is 2. The molecule has 7 heteroatoms. The van der Waals surface area contributed by atoms with Gasteiger partial charge in [-0.25, -0.2) is 14.2 Å². The van der Waals surface area contributed by atoms with Crippen LogP contribution < -0.4 is 0 Å². The number of carbonyl (C=O) groups is 2. The van der Waals surface area contributed by atoms with Crippen LogP contribution in [0.5, 0.6) is 0 Å². The zero-order valence-electron chi connectivity index (χ0n) is 16.9. The molecule has 0 fully saturated rings. The molecule has 31 heavy (non-hydrogen) atoms. The molecule has 0 aliphatic rings. The molecule has 0 spiro atoms. The first-order valence-electron chi connectivity index (χ1n) is 9.70. The summed E-state index contributed by atoms with van der Waals surface area (Å²) in [5, 5.41) is 0. The second-order valence-corrected chi connectivity index (χ2v) is 7.07. The first kappa shape index (κ1) is 20.3. The molecule has 3 aromatic carbocycles. The van der Waals surface area contributed by atoms with Crippen molar-refractivity contribution in [3.63, 3.8) is 0 Å². The smallest absolute Gasteiger partial charge is 0.338 e. The maximum absolute atomic E-state index is 13.7. The zero-order chi connectivity index (χ0) is 21.8. The van der Waals surface area contributed by atoms with Crippen LogP contribution in [0.1, 0.15) is 15.9 Å². The van der Waals surface area contributed by atoms with Gasteiger partial charge in [0.1, 0.15) is 12.1 Å². The van der Waals surface area contributed by atoms with Crippen LogP contribution in [0.15, 0.2) is 79.1 Å². The third-order valence-corrected chi connectivity index (χ3v) is 4.95. The van der Waals surface area contributed by atoms with Gasteiger partial charge >= 0.3 is 5.97 Å². The number of benzene rings is 3. The molecule has 0 radical (unpaired) electrons. The van der Waals surface area contributed by atoms with Crippen molar-refractivity contribution in [2.24, 2.45) is 0 Å². The van der Waals surface area contributed by atoms with Crippen molar-refractivity contribution in [3.8, 4) is 5.69 Å². The SMILES string of the molecule is CN(Cc1ccccc1F)C(=O)COC(=O)c1ccc(-n2cnc3ccccc32)cc1. The molecule has 0 aliphatic heterocycles. The zero-order valence-corrected chi connectivity index (χ0v) is 16.9. The van der Waals surface area contributed by atoms with Crippen LogP contribution in [0.25, 0.3) is 16.7 Å². The fourth-order valence-electron chi connectivity index (χ4n) is 3.21. The number of amides is 1. The van der Waals surface area contributed by atoms with E-state index in [-0.39, 0.29) is 12.4 Å². The minimum atomic E-state index is -0.602. The Morgan fingerprint density at radius 2 is 1.71 bits per heavy atom. The van der Waals surface area contributed by atoms with Crippen LogP contribution in [0, 0.1) is 5.82 Å². The Balaban J connectivity index is 1.36. The molecule has 0 saturated carbocycles. The Morgan fingerprint density at radius 3 is 2.48 bits per heavy atom. The Kier molecular flexibility index (Phi) is 5.75. The first-order chi connectivity index (χ1) is 15.0. The summed E-state index contributed by atoms with van der Waals surface area (Å²) in [6.07, 6.45) is 1.72. The number of fused-ring (bicyclic) bond motifs is 1. The van der Waals surface area contributed by atoms with E-state index in [2.05, 4.69) is 4.98 Å². The summed E-state index contributed by atoms with van der Waals surface area (Å²) in [6.45, 7) is -0.325. The van der Waals surface area contributed by atoms with Crippen LogP contribution in [0.2, 0.25) is 0 Å². The number of nitrogens with zero attached hydrogens (tertiary/aromatic N) is 3. The third-order valence-electron chi connectivity index (χ3n) is 4.95. The average molecular weight is 417 g/mol. The topological polar surface area (TPSA) is 64.4 Å². The summed E-state index contributed by atoms with van der Waals surface area (Å²) >= 11 is 0. The van der Waals surface area contributed by atoms with Gasteiger partial charge < -0.3 is 9.64 Å². The van der Waals surface area contributed by atoms with Gasteiger partial charge in [-0.3, -0.25) is 9.36 Å². The maximum Gasteiger partial charge on any atom is 0.338 e. The number of ether oxygens (including phenoxy) is 1. The normalized spacial score (nSPS) is 10.8. The largest absolute Gasteiger partial charge is 0.452 e. The van der Waals surface area contributed by atoms with E-state index in [1.165, 1.54) is 18.0 Å². The number of rotatable bonds is 6. The van der Waals surface area contributed by atoms with E-state index in [1.807, 2.05) is 28.8 Å². The predicted octanol–water partition coefficient (Wildman–Crippen LogP) is 3.98. The Labute approximate surface area is 178 Å². The molecule has 156 valence electrons. The highest BCUT2D eigenvalue weighted by Gasteiger charge is 2.15. The lowest BCUT2D eigenvalue weighted by molar-refractivity contribution is -0.133. The summed E-state index contributed by atoms with van der Waals surface area (Å²) in [5.41, 5.74) is 3.42. The molecule has 0 aliphatic carbocycles. The molecular weight excluding hydrogens is 397 g/mol. The van der Waals surface area contributed by atoms with Crippen molar-refractivity contribution < 1.29 is 18.7 Å². The lowest BCUT2D eigenvalue weighted by Gasteiger charge is -2.17. The van der Waals surface area contributed by atoms with Gasteiger partial charge in [0.25, 0.3) is 5.91 Å². The lowest BCUT2D eigenvalue weighted by atomic mass is 10.2. The Morgan fingerprint density at radius 1 is 1.00 bits per heavy atom. The molecule has 0 atom stereocenters. The molecule has 0 N–H and O–H groups in total. The highest BCUT2D eigenvalue weighted by Crippen LogP contribution is 2.18. The Bertz CT molecular complexity index is 1230. The number of hydrogen-bond donors (Lipinski definition) is 0. The van der Waals surface area contributed by atoms with E-state index in [9.17, 15) is 14.0 Å². The summed E-state index contributed by atoms with van der Waals surface area (Å²) in [7, 11) is 1.53. The number of halogens is 1. The van der Waals surface area contributed by atoms with Crippen molar-refractivity contribution in [3.05, 3.63) is 96.1 Å². The molecule has 4 aromatic rings. The minimum Gasteiger partial charge on any atom is -0.452 e. The molecule has 0 bridgehead atoms. The van der Waals surface area contributed by atoms with Gasteiger partial charge in [-0.15, -0.1) is 0 Å². The molecule has 6 nitrogen and oxygen atoms in total. The van der Waals surface area contributed by atoms with E-state index in [1.54, 1.807) is 48.8 Å². The van der Waals surface area contributed by atoms with E-state index in [4.69, 9.17) is 4.74 Å². The van der Waals surface area contributed by atoms with Crippen LogP contribution >= 0.6 is 0 Å². The predicted molar refractivity (Wildman–Crippen MR) is 114 cm³/mol. The Hall–Kier alpha value is -4.00. The van der Waals surface area contributed by atoms with Gasteiger partial charge in [-0.05, 0) is 42.5 Å². The van der Waals surface area contributed by atoms with Crippen molar-refractivity contribution in [2.75, 3.05) is 13.7 Å². The van der Waals surface area contributed by atoms with E-state index >= 15 is 0 Å². The maximum atomic E-state index is 13.7. The van der Waals surface area contributed by atoms with Gasteiger partial charge in [0.05, 0.1) is 16.6 Å². The molecule has 0 unspecified atom stereocenters. The lowest BCUT2D eigenvalue weighted by Crippen LogP contribution is -2.31. The third kappa shape index (κ3) is 4.45. The molecule has 4 rings (SSSR count). The van der Waals surface area contributed by atoms with E-state index in [0.29, 0.717) is 11.1 Å². The minimum absolute atomic E-state index is 0.0939. The number of esters is 1. The summed E-state index contributed by atoms with van der Waals surface area (Å²) in [4.78, 5) is 30.2. The number of hydrogen-bond acceptors (Lipinski definition) is 4. The van der Waals surface area contributed by atoms with Crippen LogP contribution in [0.3, 0.4) is 0 Å².